The molecule has 0 spiro atoms. The Bertz CT molecular complexity index is 2310. The largest absolute Gasteiger partial charge is 0.309 e. The number of nitrogens with zero attached hydrogens (tertiary/aromatic N) is 3. The highest BCUT2D eigenvalue weighted by atomic mass is 15.0. The Hall–Kier alpha value is -5.59. The number of rotatable bonds is 3. The van der Waals surface area contributed by atoms with Gasteiger partial charge in [0, 0.05) is 32.9 Å². The summed E-state index contributed by atoms with van der Waals surface area (Å²) in [5.74, 6) is 0. The summed E-state index contributed by atoms with van der Waals surface area (Å²) in [5, 5.41) is 14.2. The zero-order valence-electron chi connectivity index (χ0n) is 22.5. The summed E-state index contributed by atoms with van der Waals surface area (Å²) in [5.41, 5.74) is 11.3. The van der Waals surface area contributed by atoms with E-state index in [4.69, 9.17) is 0 Å². The van der Waals surface area contributed by atoms with Crippen LogP contribution in [0.3, 0.4) is 0 Å². The Kier molecular flexibility index (Phi) is 5.10. The van der Waals surface area contributed by atoms with E-state index in [0.29, 0.717) is 5.56 Å². The first-order valence-electron chi connectivity index (χ1n) is 13.8. The molecule has 0 unspecified atom stereocenters. The maximum Gasteiger partial charge on any atom is 0.0991 e. The summed E-state index contributed by atoms with van der Waals surface area (Å²) in [6.45, 7) is 2.16. The SMILES string of the molecule is Cc1ccc2c(c1)c1cc(-c3ccc4c(c3)c3ccccc3n4-c3ccc(C#N)cc3)ccc1n2-c1ccccc1. The quantitative estimate of drug-likeness (QED) is 0.227. The molecule has 0 fully saturated rings. The molecule has 0 bridgehead atoms. The van der Waals surface area contributed by atoms with Crippen LogP contribution < -0.4 is 0 Å². The van der Waals surface area contributed by atoms with Crippen LogP contribution in [0.5, 0.6) is 0 Å². The molecule has 0 saturated carbocycles. The van der Waals surface area contributed by atoms with Crippen molar-refractivity contribution in [1.82, 2.24) is 9.13 Å². The van der Waals surface area contributed by atoms with E-state index in [2.05, 4.69) is 131 Å². The molecule has 2 aromatic heterocycles. The van der Waals surface area contributed by atoms with Gasteiger partial charge in [0.25, 0.3) is 0 Å². The summed E-state index contributed by atoms with van der Waals surface area (Å²) < 4.78 is 4.65. The van der Waals surface area contributed by atoms with Gasteiger partial charge in [0.1, 0.15) is 0 Å². The van der Waals surface area contributed by atoms with E-state index < -0.39 is 0 Å². The van der Waals surface area contributed by atoms with Crippen molar-refractivity contribution in [3.8, 4) is 28.6 Å². The Balaban J connectivity index is 1.35. The van der Waals surface area contributed by atoms with E-state index in [1.807, 2.05) is 24.3 Å². The lowest BCUT2D eigenvalue weighted by molar-refractivity contribution is 1.18. The highest BCUT2D eigenvalue weighted by molar-refractivity contribution is 6.12. The molecule has 3 heteroatoms. The fourth-order valence-corrected chi connectivity index (χ4v) is 6.29. The molecule has 2 heterocycles. The Morgan fingerprint density at radius 2 is 0.976 bits per heavy atom. The third kappa shape index (κ3) is 3.58. The minimum absolute atomic E-state index is 0.663. The van der Waals surface area contributed by atoms with E-state index in [9.17, 15) is 5.26 Å². The highest BCUT2D eigenvalue weighted by Gasteiger charge is 2.16. The van der Waals surface area contributed by atoms with E-state index in [-0.39, 0.29) is 0 Å². The van der Waals surface area contributed by atoms with E-state index in [0.717, 1.165) is 16.7 Å². The van der Waals surface area contributed by atoms with E-state index in [1.165, 1.54) is 55.0 Å². The number of nitriles is 1. The average Bonchev–Trinajstić information content (AvgIpc) is 3.53. The lowest BCUT2D eigenvalue weighted by Crippen LogP contribution is -1.93. The van der Waals surface area contributed by atoms with Crippen LogP contribution in [0.4, 0.5) is 0 Å². The van der Waals surface area contributed by atoms with Crippen LogP contribution in [-0.2, 0) is 0 Å². The third-order valence-corrected chi connectivity index (χ3v) is 8.20. The van der Waals surface area contributed by atoms with Crippen molar-refractivity contribution in [2.45, 2.75) is 6.92 Å². The normalized spacial score (nSPS) is 11.5. The topological polar surface area (TPSA) is 33.6 Å². The van der Waals surface area contributed by atoms with Crippen molar-refractivity contribution < 1.29 is 0 Å². The van der Waals surface area contributed by atoms with Crippen LogP contribution in [0, 0.1) is 18.3 Å². The summed E-state index contributed by atoms with van der Waals surface area (Å²) >= 11 is 0. The maximum absolute atomic E-state index is 9.28. The first kappa shape index (κ1) is 23.3. The molecule has 0 amide bonds. The molecule has 0 N–H and O–H groups in total. The minimum Gasteiger partial charge on any atom is -0.309 e. The van der Waals surface area contributed by atoms with Crippen LogP contribution in [0.2, 0.25) is 0 Å². The van der Waals surface area contributed by atoms with Gasteiger partial charge in [0.05, 0.1) is 33.7 Å². The van der Waals surface area contributed by atoms with Gasteiger partial charge in [-0.05, 0) is 96.9 Å². The number of fused-ring (bicyclic) bond motifs is 6. The Morgan fingerprint density at radius 1 is 0.463 bits per heavy atom. The molecule has 6 aromatic carbocycles. The monoisotopic (exact) mass is 523 g/mol. The van der Waals surface area contributed by atoms with Crippen LogP contribution in [0.1, 0.15) is 11.1 Å². The Labute approximate surface area is 237 Å². The van der Waals surface area contributed by atoms with Gasteiger partial charge in [-0.3, -0.25) is 0 Å². The number of para-hydroxylation sites is 2. The standard InChI is InChI=1S/C38H25N3/c1-25-11-18-36-32(21-25)34-23-28(15-20-38(34)40(36)29-7-3-2-4-8-29)27-14-19-37-33(22-27)31-9-5-6-10-35(31)41(37)30-16-12-26(24-39)13-17-30/h2-23H,1H3. The molecular weight excluding hydrogens is 498 g/mol. The maximum atomic E-state index is 9.28. The van der Waals surface area contributed by atoms with Gasteiger partial charge < -0.3 is 9.13 Å². The zero-order valence-corrected chi connectivity index (χ0v) is 22.5. The molecular formula is C38H25N3. The molecule has 192 valence electrons. The molecule has 0 aliphatic carbocycles. The minimum atomic E-state index is 0.663. The van der Waals surface area contributed by atoms with Gasteiger partial charge in [-0.1, -0.05) is 60.2 Å². The van der Waals surface area contributed by atoms with Gasteiger partial charge in [-0.2, -0.15) is 5.26 Å². The summed E-state index contributed by atoms with van der Waals surface area (Å²) in [7, 11) is 0. The molecule has 3 nitrogen and oxygen atoms in total. The highest BCUT2D eigenvalue weighted by Crippen LogP contribution is 2.38. The second-order valence-electron chi connectivity index (χ2n) is 10.7. The molecule has 0 atom stereocenters. The lowest BCUT2D eigenvalue weighted by atomic mass is 10.0. The Morgan fingerprint density at radius 3 is 1.63 bits per heavy atom. The van der Waals surface area contributed by atoms with Crippen molar-refractivity contribution >= 4 is 43.6 Å². The predicted octanol–water partition coefficient (Wildman–Crippen LogP) is 9.73. The fourth-order valence-electron chi connectivity index (χ4n) is 6.29. The fraction of sp³-hybridized carbons (Fsp3) is 0.0263. The molecule has 0 saturated heterocycles. The van der Waals surface area contributed by atoms with Crippen LogP contribution >= 0.6 is 0 Å². The van der Waals surface area contributed by atoms with Gasteiger partial charge in [0.2, 0.25) is 0 Å². The van der Waals surface area contributed by atoms with Crippen molar-refractivity contribution in [2.75, 3.05) is 0 Å². The van der Waals surface area contributed by atoms with Crippen molar-refractivity contribution in [3.05, 3.63) is 145 Å². The van der Waals surface area contributed by atoms with Crippen molar-refractivity contribution in [2.24, 2.45) is 0 Å². The van der Waals surface area contributed by atoms with E-state index in [1.54, 1.807) is 0 Å². The molecule has 8 rings (SSSR count). The summed E-state index contributed by atoms with van der Waals surface area (Å²) in [6.07, 6.45) is 0. The van der Waals surface area contributed by atoms with E-state index >= 15 is 0 Å². The van der Waals surface area contributed by atoms with Crippen molar-refractivity contribution in [1.29, 1.82) is 5.26 Å². The first-order chi connectivity index (χ1) is 20.2. The lowest BCUT2D eigenvalue weighted by Gasteiger charge is -2.09. The number of aromatic nitrogens is 2. The molecule has 8 aromatic rings. The van der Waals surface area contributed by atoms with Crippen LogP contribution in [-0.4, -0.2) is 9.13 Å². The van der Waals surface area contributed by atoms with Gasteiger partial charge in [0.15, 0.2) is 0 Å². The molecule has 41 heavy (non-hydrogen) atoms. The third-order valence-electron chi connectivity index (χ3n) is 8.20. The summed E-state index contributed by atoms with van der Waals surface area (Å²) in [6, 6.07) is 49.5. The number of hydrogen-bond acceptors (Lipinski definition) is 1. The molecule has 0 aliphatic rings. The second-order valence-corrected chi connectivity index (χ2v) is 10.7. The number of hydrogen-bond donors (Lipinski definition) is 0. The second kappa shape index (κ2) is 8.98. The average molecular weight is 524 g/mol. The van der Waals surface area contributed by atoms with Gasteiger partial charge in [-0.15, -0.1) is 0 Å². The van der Waals surface area contributed by atoms with Crippen LogP contribution in [0.25, 0.3) is 66.1 Å². The first-order valence-corrected chi connectivity index (χ1v) is 13.8. The van der Waals surface area contributed by atoms with Crippen molar-refractivity contribution in [3.63, 3.8) is 0 Å². The number of benzene rings is 6. The zero-order chi connectivity index (χ0) is 27.5. The summed E-state index contributed by atoms with van der Waals surface area (Å²) in [4.78, 5) is 0. The molecule has 0 radical (unpaired) electrons. The smallest absolute Gasteiger partial charge is 0.0991 e. The molecule has 0 aliphatic heterocycles. The van der Waals surface area contributed by atoms with Crippen LogP contribution in [0.15, 0.2) is 133 Å². The predicted molar refractivity (Wildman–Crippen MR) is 170 cm³/mol. The number of aryl methyl sites for hydroxylation is 1. The van der Waals surface area contributed by atoms with Gasteiger partial charge >= 0.3 is 0 Å². The van der Waals surface area contributed by atoms with Gasteiger partial charge in [-0.25, -0.2) is 0 Å².